The van der Waals surface area contributed by atoms with E-state index in [-0.39, 0.29) is 5.41 Å². The van der Waals surface area contributed by atoms with E-state index in [1.54, 1.807) is 0 Å². The summed E-state index contributed by atoms with van der Waals surface area (Å²) in [4.78, 5) is 12.3. The maximum atomic E-state index is 12.3. The number of hydrogen-bond donors (Lipinski definition) is 0. The summed E-state index contributed by atoms with van der Waals surface area (Å²) in [6.45, 7) is 8.13. The SMILES string of the molecule is Cc1cc2c(n1CCOC1CCCC1)CC(C)(C)CC2=O. The van der Waals surface area contributed by atoms with E-state index in [1.807, 2.05) is 0 Å². The van der Waals surface area contributed by atoms with Crippen LogP contribution in [0.15, 0.2) is 6.07 Å². The van der Waals surface area contributed by atoms with Crippen LogP contribution >= 0.6 is 0 Å². The van der Waals surface area contributed by atoms with Crippen LogP contribution in [0.1, 0.15) is 67.7 Å². The molecule has 2 aliphatic carbocycles. The third-order valence-electron chi connectivity index (χ3n) is 4.97. The zero-order chi connectivity index (χ0) is 15.0. The molecule has 3 rings (SSSR count). The highest BCUT2D eigenvalue weighted by atomic mass is 16.5. The lowest BCUT2D eigenvalue weighted by atomic mass is 9.76. The molecule has 0 atom stereocenters. The number of hydrogen-bond acceptors (Lipinski definition) is 2. The van der Waals surface area contributed by atoms with Crippen LogP contribution < -0.4 is 0 Å². The molecule has 0 spiro atoms. The van der Waals surface area contributed by atoms with Crippen LogP contribution in [0.2, 0.25) is 0 Å². The van der Waals surface area contributed by atoms with Crippen molar-refractivity contribution >= 4 is 5.78 Å². The van der Waals surface area contributed by atoms with Crippen LogP contribution in [0.4, 0.5) is 0 Å². The Labute approximate surface area is 127 Å². The number of ketones is 1. The fraction of sp³-hybridized carbons (Fsp3) is 0.722. The number of carbonyl (C=O) groups excluding carboxylic acids is 1. The molecule has 1 aromatic rings. The first kappa shape index (κ1) is 14.8. The van der Waals surface area contributed by atoms with Crippen molar-refractivity contribution < 1.29 is 9.53 Å². The maximum absolute atomic E-state index is 12.3. The van der Waals surface area contributed by atoms with Crippen molar-refractivity contribution in [1.29, 1.82) is 0 Å². The summed E-state index contributed by atoms with van der Waals surface area (Å²) in [6.07, 6.45) is 7.18. The number of carbonyl (C=O) groups is 1. The Hall–Kier alpha value is -1.09. The van der Waals surface area contributed by atoms with Crippen LogP contribution in [0.3, 0.4) is 0 Å². The fourth-order valence-corrected chi connectivity index (χ4v) is 3.88. The summed E-state index contributed by atoms with van der Waals surface area (Å²) in [6, 6.07) is 2.07. The Bertz CT molecular complexity index is 536. The highest BCUT2D eigenvalue weighted by Crippen LogP contribution is 2.36. The molecule has 0 unspecified atom stereocenters. The molecule has 0 aliphatic heterocycles. The Morgan fingerprint density at radius 2 is 2.00 bits per heavy atom. The van der Waals surface area contributed by atoms with Gasteiger partial charge in [0.1, 0.15) is 0 Å². The van der Waals surface area contributed by atoms with Gasteiger partial charge in [-0.05, 0) is 37.7 Å². The molecule has 1 aromatic heterocycles. The first-order chi connectivity index (χ1) is 9.96. The fourth-order valence-electron chi connectivity index (χ4n) is 3.88. The topological polar surface area (TPSA) is 31.2 Å². The van der Waals surface area contributed by atoms with Crippen LogP contribution in [0.5, 0.6) is 0 Å². The predicted molar refractivity (Wildman–Crippen MR) is 83.8 cm³/mol. The van der Waals surface area contributed by atoms with Crippen molar-refractivity contribution in [2.24, 2.45) is 5.41 Å². The molecule has 116 valence electrons. The maximum Gasteiger partial charge on any atom is 0.165 e. The van der Waals surface area contributed by atoms with Crippen LogP contribution in [0, 0.1) is 12.3 Å². The first-order valence-electron chi connectivity index (χ1n) is 8.30. The second-order valence-corrected chi connectivity index (χ2v) is 7.52. The quantitative estimate of drug-likeness (QED) is 0.841. The van der Waals surface area contributed by atoms with E-state index < -0.39 is 0 Å². The molecule has 3 nitrogen and oxygen atoms in total. The Kier molecular flexibility index (Phi) is 3.96. The van der Waals surface area contributed by atoms with Gasteiger partial charge >= 0.3 is 0 Å². The van der Waals surface area contributed by atoms with Crippen LogP contribution in [-0.2, 0) is 17.7 Å². The molecule has 2 aliphatic rings. The van der Waals surface area contributed by atoms with Crippen molar-refractivity contribution in [3.63, 3.8) is 0 Å². The Balaban J connectivity index is 1.72. The van der Waals surface area contributed by atoms with Crippen molar-refractivity contribution in [2.75, 3.05) is 6.61 Å². The number of aryl methyl sites for hydroxylation is 1. The summed E-state index contributed by atoms with van der Waals surface area (Å²) in [5, 5.41) is 0. The molecule has 0 aromatic carbocycles. The van der Waals surface area contributed by atoms with E-state index in [2.05, 4.69) is 31.4 Å². The minimum Gasteiger partial charge on any atom is -0.376 e. The molecule has 0 bridgehead atoms. The minimum absolute atomic E-state index is 0.0823. The minimum atomic E-state index is 0.0823. The molecule has 21 heavy (non-hydrogen) atoms. The molecule has 3 heteroatoms. The lowest BCUT2D eigenvalue weighted by Gasteiger charge is -2.30. The molecular weight excluding hydrogens is 262 g/mol. The Morgan fingerprint density at radius 3 is 2.71 bits per heavy atom. The lowest BCUT2D eigenvalue weighted by Crippen LogP contribution is -2.28. The van der Waals surface area contributed by atoms with Gasteiger partial charge < -0.3 is 9.30 Å². The van der Waals surface area contributed by atoms with Gasteiger partial charge in [-0.3, -0.25) is 4.79 Å². The van der Waals surface area contributed by atoms with Gasteiger partial charge in [-0.15, -0.1) is 0 Å². The monoisotopic (exact) mass is 289 g/mol. The average Bonchev–Trinajstić information content (AvgIpc) is 2.99. The third kappa shape index (κ3) is 3.08. The van der Waals surface area contributed by atoms with E-state index >= 15 is 0 Å². The average molecular weight is 289 g/mol. The van der Waals surface area contributed by atoms with Crippen molar-refractivity contribution in [3.05, 3.63) is 23.0 Å². The van der Waals surface area contributed by atoms with Gasteiger partial charge in [-0.2, -0.15) is 0 Å². The molecule has 1 fully saturated rings. The molecular formula is C18H27NO2. The molecule has 0 amide bonds. The lowest BCUT2D eigenvalue weighted by molar-refractivity contribution is 0.0520. The largest absolute Gasteiger partial charge is 0.376 e. The summed E-state index contributed by atoms with van der Waals surface area (Å²) < 4.78 is 8.30. The summed E-state index contributed by atoms with van der Waals surface area (Å²) in [5.41, 5.74) is 3.45. The first-order valence-corrected chi connectivity index (χ1v) is 8.30. The standard InChI is InChI=1S/C18H27NO2/c1-13-10-15-16(11-18(2,3)12-17(15)20)19(13)8-9-21-14-6-4-5-7-14/h10,14H,4-9,11-12H2,1-3H3. The normalized spacial score (nSPS) is 21.8. The molecule has 0 saturated heterocycles. The van der Waals surface area contributed by atoms with Gasteiger partial charge in [0, 0.05) is 29.9 Å². The smallest absolute Gasteiger partial charge is 0.165 e. The van der Waals surface area contributed by atoms with Crippen LogP contribution in [0.25, 0.3) is 0 Å². The molecule has 0 N–H and O–H groups in total. The van der Waals surface area contributed by atoms with Crippen LogP contribution in [-0.4, -0.2) is 23.1 Å². The molecule has 1 heterocycles. The highest BCUT2D eigenvalue weighted by Gasteiger charge is 2.33. The van der Waals surface area contributed by atoms with Crippen molar-refractivity contribution in [2.45, 2.75) is 71.9 Å². The van der Waals surface area contributed by atoms with Gasteiger partial charge in [-0.1, -0.05) is 26.7 Å². The van der Waals surface area contributed by atoms with E-state index in [0.717, 1.165) is 25.1 Å². The molecule has 1 saturated carbocycles. The van der Waals surface area contributed by atoms with E-state index in [4.69, 9.17) is 4.74 Å². The number of nitrogens with zero attached hydrogens (tertiary/aromatic N) is 1. The third-order valence-corrected chi connectivity index (χ3v) is 4.97. The van der Waals surface area contributed by atoms with Gasteiger partial charge in [0.25, 0.3) is 0 Å². The number of aromatic nitrogens is 1. The second kappa shape index (κ2) is 5.60. The summed E-state index contributed by atoms with van der Waals surface area (Å²) in [7, 11) is 0. The van der Waals surface area contributed by atoms with Gasteiger partial charge in [0.2, 0.25) is 0 Å². The summed E-state index contributed by atoms with van der Waals surface area (Å²) in [5.74, 6) is 0.305. The number of rotatable bonds is 4. The van der Waals surface area contributed by atoms with Gasteiger partial charge in [-0.25, -0.2) is 0 Å². The predicted octanol–water partition coefficient (Wildman–Crippen LogP) is 3.91. The molecule has 0 radical (unpaired) electrons. The van der Waals surface area contributed by atoms with Crippen molar-refractivity contribution in [1.82, 2.24) is 4.57 Å². The zero-order valence-corrected chi connectivity index (χ0v) is 13.6. The second-order valence-electron chi connectivity index (χ2n) is 7.52. The van der Waals surface area contributed by atoms with E-state index in [9.17, 15) is 4.79 Å². The van der Waals surface area contributed by atoms with Crippen molar-refractivity contribution in [3.8, 4) is 0 Å². The van der Waals surface area contributed by atoms with Gasteiger partial charge in [0.15, 0.2) is 5.78 Å². The summed E-state index contributed by atoms with van der Waals surface area (Å²) >= 11 is 0. The van der Waals surface area contributed by atoms with Gasteiger partial charge in [0.05, 0.1) is 12.7 Å². The Morgan fingerprint density at radius 1 is 1.29 bits per heavy atom. The van der Waals surface area contributed by atoms with E-state index in [1.165, 1.54) is 37.1 Å². The van der Waals surface area contributed by atoms with E-state index in [0.29, 0.717) is 18.3 Å². The highest BCUT2D eigenvalue weighted by molar-refractivity contribution is 5.99. The number of fused-ring (bicyclic) bond motifs is 1. The number of Topliss-reactive ketones (excluding diaryl/α,β-unsaturated/α-hetero) is 1. The zero-order valence-electron chi connectivity index (χ0n) is 13.6. The number of ether oxygens (including phenoxy) is 1.